The summed E-state index contributed by atoms with van der Waals surface area (Å²) in [5.74, 6) is 0.0648. The van der Waals surface area contributed by atoms with Crippen LogP contribution in [0, 0.1) is 20.2 Å². The summed E-state index contributed by atoms with van der Waals surface area (Å²) in [5.41, 5.74) is -0.496. The number of carbonyl (C=O) groups is 1. The van der Waals surface area contributed by atoms with Crippen molar-refractivity contribution >= 4 is 40.4 Å². The van der Waals surface area contributed by atoms with E-state index in [4.69, 9.17) is 16.3 Å². The number of nitro groups is 2. The molecule has 25 heavy (non-hydrogen) atoms. The number of nitro benzene ring substituents is 2. The lowest BCUT2D eigenvalue weighted by atomic mass is 10.2. The summed E-state index contributed by atoms with van der Waals surface area (Å²) in [6.45, 7) is 0. The highest BCUT2D eigenvalue weighted by Crippen LogP contribution is 2.30. The van der Waals surface area contributed by atoms with E-state index in [1.165, 1.54) is 31.4 Å². The third-order valence-electron chi connectivity index (χ3n) is 3.05. The Morgan fingerprint density at radius 3 is 2.28 bits per heavy atom. The normalized spacial score (nSPS) is 10.0. The molecule has 0 aliphatic rings. The summed E-state index contributed by atoms with van der Waals surface area (Å²) in [5, 5.41) is 26.6. The van der Waals surface area contributed by atoms with E-state index in [1.54, 1.807) is 0 Å². The molecular weight excluding hydrogens is 356 g/mol. The van der Waals surface area contributed by atoms with Gasteiger partial charge in [0.1, 0.15) is 11.4 Å². The lowest BCUT2D eigenvalue weighted by molar-refractivity contribution is -0.384. The number of nitrogens with zero attached hydrogens (tertiary/aromatic N) is 2. The van der Waals surface area contributed by atoms with Crippen LogP contribution in [0.25, 0.3) is 0 Å². The molecule has 11 heteroatoms. The highest BCUT2D eigenvalue weighted by Gasteiger charge is 2.18. The van der Waals surface area contributed by atoms with E-state index in [0.717, 1.165) is 12.1 Å². The van der Waals surface area contributed by atoms with E-state index in [0.29, 0.717) is 0 Å². The van der Waals surface area contributed by atoms with E-state index >= 15 is 0 Å². The number of non-ortho nitro benzene ring substituents is 1. The summed E-state index contributed by atoms with van der Waals surface area (Å²) in [4.78, 5) is 32.5. The third kappa shape index (κ3) is 4.32. The molecule has 0 aromatic heterocycles. The molecule has 0 aliphatic heterocycles. The molecule has 0 unspecified atom stereocenters. The number of amides is 2. The van der Waals surface area contributed by atoms with Crippen molar-refractivity contribution < 1.29 is 19.4 Å². The van der Waals surface area contributed by atoms with Gasteiger partial charge in [-0.1, -0.05) is 11.6 Å². The minimum atomic E-state index is -0.794. The van der Waals surface area contributed by atoms with Crippen molar-refractivity contribution in [1.29, 1.82) is 0 Å². The van der Waals surface area contributed by atoms with E-state index in [-0.39, 0.29) is 33.5 Å². The Hall–Kier alpha value is -3.40. The smallest absolute Gasteiger partial charge is 0.323 e. The number of hydrogen-bond donors (Lipinski definition) is 2. The molecule has 0 spiro atoms. The number of methoxy groups -OCH3 is 1. The number of ether oxygens (including phenoxy) is 1. The van der Waals surface area contributed by atoms with Gasteiger partial charge in [-0.05, 0) is 18.2 Å². The van der Waals surface area contributed by atoms with Crippen LogP contribution >= 0.6 is 11.6 Å². The first-order chi connectivity index (χ1) is 11.8. The summed E-state index contributed by atoms with van der Waals surface area (Å²) in [7, 11) is 1.28. The number of urea groups is 1. The largest absolute Gasteiger partial charge is 0.494 e. The minimum Gasteiger partial charge on any atom is -0.494 e. The van der Waals surface area contributed by atoms with Crippen molar-refractivity contribution in [3.63, 3.8) is 0 Å². The van der Waals surface area contributed by atoms with Gasteiger partial charge in [0.2, 0.25) is 0 Å². The van der Waals surface area contributed by atoms with Crippen LogP contribution < -0.4 is 15.4 Å². The van der Waals surface area contributed by atoms with Crippen molar-refractivity contribution in [2.45, 2.75) is 0 Å². The van der Waals surface area contributed by atoms with Crippen LogP contribution in [0.1, 0.15) is 0 Å². The average molecular weight is 367 g/mol. The summed E-state index contributed by atoms with van der Waals surface area (Å²) >= 11 is 5.70. The molecule has 0 heterocycles. The Kier molecular flexibility index (Phi) is 5.35. The second-order valence-electron chi connectivity index (χ2n) is 4.64. The molecule has 0 aliphatic carbocycles. The van der Waals surface area contributed by atoms with Gasteiger partial charge < -0.3 is 15.4 Å². The van der Waals surface area contributed by atoms with Crippen LogP contribution in [0.5, 0.6) is 5.75 Å². The van der Waals surface area contributed by atoms with Gasteiger partial charge in [-0.3, -0.25) is 20.2 Å². The van der Waals surface area contributed by atoms with E-state index < -0.39 is 15.9 Å². The molecule has 0 saturated carbocycles. The highest BCUT2D eigenvalue weighted by atomic mass is 35.5. The number of benzene rings is 2. The molecule has 2 aromatic carbocycles. The maximum atomic E-state index is 12.1. The van der Waals surface area contributed by atoms with Crippen LogP contribution in [0.15, 0.2) is 36.4 Å². The molecule has 0 saturated heterocycles. The zero-order chi connectivity index (χ0) is 18.6. The van der Waals surface area contributed by atoms with E-state index in [2.05, 4.69) is 10.6 Å². The fraction of sp³-hybridized carbons (Fsp3) is 0.0714. The first-order valence-electron chi connectivity index (χ1n) is 6.66. The Labute approximate surface area is 145 Å². The second kappa shape index (κ2) is 7.45. The van der Waals surface area contributed by atoms with Gasteiger partial charge in [0.25, 0.3) is 11.4 Å². The van der Waals surface area contributed by atoms with Gasteiger partial charge in [0.05, 0.1) is 28.7 Å². The van der Waals surface area contributed by atoms with Crippen molar-refractivity contribution in [3.8, 4) is 5.75 Å². The number of rotatable bonds is 5. The number of nitrogens with one attached hydrogen (secondary N) is 2. The molecule has 2 aromatic rings. The molecule has 0 radical (unpaired) electrons. The number of hydrogen-bond acceptors (Lipinski definition) is 6. The van der Waals surface area contributed by atoms with Gasteiger partial charge >= 0.3 is 6.03 Å². The molecule has 2 rings (SSSR count). The molecule has 0 atom stereocenters. The van der Waals surface area contributed by atoms with Gasteiger partial charge in [-0.15, -0.1) is 0 Å². The predicted molar refractivity (Wildman–Crippen MR) is 90.4 cm³/mol. The lowest BCUT2D eigenvalue weighted by Crippen LogP contribution is -2.20. The number of carbonyl (C=O) groups excluding carboxylic acids is 1. The Bertz CT molecular complexity index is 857. The summed E-state index contributed by atoms with van der Waals surface area (Å²) in [6.07, 6.45) is 0. The molecule has 0 bridgehead atoms. The second-order valence-corrected chi connectivity index (χ2v) is 5.08. The molecule has 2 amide bonds. The molecule has 0 fully saturated rings. The maximum Gasteiger partial charge on any atom is 0.323 e. The monoisotopic (exact) mass is 366 g/mol. The lowest BCUT2D eigenvalue weighted by Gasteiger charge is -2.11. The summed E-state index contributed by atoms with van der Waals surface area (Å²) < 4.78 is 4.99. The fourth-order valence-electron chi connectivity index (χ4n) is 1.93. The van der Waals surface area contributed by atoms with Crippen molar-refractivity contribution in [1.82, 2.24) is 0 Å². The Balaban J connectivity index is 2.21. The standard InChI is InChI=1S/C14H11ClN4O6/c1-25-13-7-9(18(21)22)3-5-11(13)17-14(20)16-10-4-2-8(15)6-12(10)19(23)24/h2-7H,1H3,(H2,16,17,20). The van der Waals surface area contributed by atoms with E-state index in [1.807, 2.05) is 0 Å². The fourth-order valence-corrected chi connectivity index (χ4v) is 2.10. The van der Waals surface area contributed by atoms with Gasteiger partial charge in [0.15, 0.2) is 0 Å². The van der Waals surface area contributed by atoms with Crippen LogP contribution in [0.3, 0.4) is 0 Å². The molecule has 130 valence electrons. The quantitative estimate of drug-likeness (QED) is 0.609. The SMILES string of the molecule is COc1cc([N+](=O)[O-])ccc1NC(=O)Nc1ccc(Cl)cc1[N+](=O)[O-]. The topological polar surface area (TPSA) is 137 Å². The van der Waals surface area contributed by atoms with Gasteiger partial charge in [-0.25, -0.2) is 4.79 Å². The van der Waals surface area contributed by atoms with Crippen LogP contribution in [0.4, 0.5) is 27.5 Å². The molecular formula is C14H11ClN4O6. The van der Waals surface area contributed by atoms with Crippen LogP contribution in [-0.2, 0) is 0 Å². The zero-order valence-electron chi connectivity index (χ0n) is 12.7. The van der Waals surface area contributed by atoms with Crippen LogP contribution in [-0.4, -0.2) is 23.0 Å². The van der Waals surface area contributed by atoms with Crippen LogP contribution in [0.2, 0.25) is 5.02 Å². The minimum absolute atomic E-state index is 0.0622. The van der Waals surface area contributed by atoms with Crippen molar-refractivity contribution in [2.24, 2.45) is 0 Å². The van der Waals surface area contributed by atoms with Crippen molar-refractivity contribution in [3.05, 3.63) is 61.6 Å². The molecule has 10 nitrogen and oxygen atoms in total. The number of anilines is 2. The first kappa shape index (κ1) is 17.9. The van der Waals surface area contributed by atoms with Gasteiger partial charge in [-0.2, -0.15) is 0 Å². The van der Waals surface area contributed by atoms with Gasteiger partial charge in [0, 0.05) is 17.2 Å². The number of halogens is 1. The third-order valence-corrected chi connectivity index (χ3v) is 3.28. The Morgan fingerprint density at radius 1 is 1.04 bits per heavy atom. The first-order valence-corrected chi connectivity index (χ1v) is 7.04. The van der Waals surface area contributed by atoms with Crippen molar-refractivity contribution in [2.75, 3.05) is 17.7 Å². The average Bonchev–Trinajstić information content (AvgIpc) is 2.56. The Morgan fingerprint density at radius 2 is 1.68 bits per heavy atom. The maximum absolute atomic E-state index is 12.1. The predicted octanol–water partition coefficient (Wildman–Crippen LogP) is 3.81. The zero-order valence-corrected chi connectivity index (χ0v) is 13.4. The molecule has 2 N–H and O–H groups in total. The highest BCUT2D eigenvalue weighted by molar-refractivity contribution is 6.31. The van der Waals surface area contributed by atoms with E-state index in [9.17, 15) is 25.0 Å². The summed E-state index contributed by atoms with van der Waals surface area (Å²) in [6, 6.07) is 6.58.